The molecule has 0 bridgehead atoms. The first kappa shape index (κ1) is 23.3. The maximum absolute atomic E-state index is 12.6. The second-order valence-electron chi connectivity index (χ2n) is 7.77. The van der Waals surface area contributed by atoms with Crippen LogP contribution in [-0.4, -0.2) is 16.9 Å². The summed E-state index contributed by atoms with van der Waals surface area (Å²) in [5.74, 6) is -0.0778. The lowest BCUT2D eigenvalue weighted by molar-refractivity contribution is 0.0950. The van der Waals surface area contributed by atoms with Crippen LogP contribution in [-0.2, 0) is 0 Å². The van der Waals surface area contributed by atoms with E-state index in [1.807, 2.05) is 24.3 Å². The number of carbonyl (C=O) groups is 2. The van der Waals surface area contributed by atoms with Crippen molar-refractivity contribution in [1.29, 1.82) is 0 Å². The van der Waals surface area contributed by atoms with Crippen LogP contribution in [0.1, 0.15) is 21.1 Å². The number of amides is 2. The summed E-state index contributed by atoms with van der Waals surface area (Å²) < 4.78 is 11.3. The maximum Gasteiger partial charge on any atom is 0.293 e. The number of nitrogens with one attached hydrogen (secondary N) is 3. The Hall–Kier alpha value is -4.40. The highest BCUT2D eigenvalue weighted by atomic mass is 35.5. The molecule has 3 N–H and O–H groups in total. The van der Waals surface area contributed by atoms with Gasteiger partial charge in [-0.3, -0.25) is 14.9 Å². The molecule has 9 heteroatoms. The third-order valence-corrected chi connectivity index (χ3v) is 5.63. The molecule has 5 aromatic rings. The minimum Gasteiger partial charge on any atom is -0.451 e. The quantitative estimate of drug-likeness (QED) is 0.225. The van der Waals surface area contributed by atoms with Crippen molar-refractivity contribution in [3.05, 3.63) is 108 Å². The molecule has 0 atom stereocenters. The van der Waals surface area contributed by atoms with Gasteiger partial charge in [-0.2, -0.15) is 0 Å². The molecule has 0 aliphatic rings. The molecule has 0 aliphatic carbocycles. The normalized spacial score (nSPS) is 10.7. The highest BCUT2D eigenvalue weighted by molar-refractivity contribution is 7.80. The summed E-state index contributed by atoms with van der Waals surface area (Å²) in [6.07, 6.45) is 0. The molecular formula is C27H18ClN3O4S. The highest BCUT2D eigenvalue weighted by Gasteiger charge is 2.15. The third kappa shape index (κ3) is 5.30. The number of anilines is 2. The molecule has 2 amide bonds. The first-order chi connectivity index (χ1) is 17.4. The van der Waals surface area contributed by atoms with Crippen molar-refractivity contribution >= 4 is 63.1 Å². The van der Waals surface area contributed by atoms with Crippen LogP contribution < -0.4 is 16.0 Å². The molecule has 36 heavy (non-hydrogen) atoms. The second-order valence-corrected chi connectivity index (χ2v) is 8.61. The van der Waals surface area contributed by atoms with Gasteiger partial charge in [0.05, 0.1) is 0 Å². The second kappa shape index (κ2) is 10.1. The lowest BCUT2D eigenvalue weighted by Crippen LogP contribution is -2.33. The van der Waals surface area contributed by atoms with Crippen LogP contribution in [0.5, 0.6) is 0 Å². The summed E-state index contributed by atoms with van der Waals surface area (Å²) >= 11 is 11.3. The van der Waals surface area contributed by atoms with E-state index >= 15 is 0 Å². The lowest BCUT2D eigenvalue weighted by atomic mass is 10.2. The number of rotatable bonds is 5. The van der Waals surface area contributed by atoms with Gasteiger partial charge < -0.3 is 19.5 Å². The molecule has 0 radical (unpaired) electrons. The standard InChI is InChI=1S/C27H18ClN3O4S/c28-18-7-3-6-16(13-18)22-11-12-23(34-22)25(32)31-27(36)30-20-9-4-8-19(15-20)29-26(33)24-14-17-5-1-2-10-21(17)35-24/h1-15H,(H,29,33)(H2,30,31,32,36). The summed E-state index contributed by atoms with van der Waals surface area (Å²) in [7, 11) is 0. The van der Waals surface area contributed by atoms with Gasteiger partial charge in [0, 0.05) is 27.3 Å². The van der Waals surface area contributed by atoms with Gasteiger partial charge in [-0.05, 0) is 66.8 Å². The Morgan fingerprint density at radius 1 is 0.722 bits per heavy atom. The van der Waals surface area contributed by atoms with Gasteiger partial charge in [0.25, 0.3) is 11.8 Å². The van der Waals surface area contributed by atoms with Gasteiger partial charge in [-0.15, -0.1) is 0 Å². The summed E-state index contributed by atoms with van der Waals surface area (Å²) in [5.41, 5.74) is 2.48. The summed E-state index contributed by atoms with van der Waals surface area (Å²) in [6, 6.07) is 26.3. The van der Waals surface area contributed by atoms with Crippen molar-refractivity contribution in [2.24, 2.45) is 0 Å². The fourth-order valence-corrected chi connectivity index (χ4v) is 3.95. The van der Waals surface area contributed by atoms with E-state index < -0.39 is 5.91 Å². The number of hydrogen-bond acceptors (Lipinski definition) is 5. The topological polar surface area (TPSA) is 96.5 Å². The van der Waals surface area contributed by atoms with Crippen molar-refractivity contribution in [3.8, 4) is 11.3 Å². The van der Waals surface area contributed by atoms with Crippen LogP contribution in [0.25, 0.3) is 22.3 Å². The van der Waals surface area contributed by atoms with Gasteiger partial charge in [-0.25, -0.2) is 0 Å². The number of halogens is 1. The predicted molar refractivity (Wildman–Crippen MR) is 143 cm³/mol. The van der Waals surface area contributed by atoms with Crippen LogP contribution in [0.4, 0.5) is 11.4 Å². The minimum atomic E-state index is -0.505. The number of hydrogen-bond donors (Lipinski definition) is 3. The van der Waals surface area contributed by atoms with Gasteiger partial charge >= 0.3 is 0 Å². The average molecular weight is 516 g/mol. The maximum atomic E-state index is 12.6. The smallest absolute Gasteiger partial charge is 0.293 e. The molecule has 5 rings (SSSR count). The first-order valence-electron chi connectivity index (χ1n) is 10.8. The zero-order chi connectivity index (χ0) is 25.1. The molecule has 0 saturated heterocycles. The number of fused-ring (bicyclic) bond motifs is 1. The molecule has 0 unspecified atom stereocenters. The van der Waals surface area contributed by atoms with E-state index in [0.29, 0.717) is 27.7 Å². The Kier molecular flexibility index (Phi) is 6.53. The summed E-state index contributed by atoms with van der Waals surface area (Å²) in [6.45, 7) is 0. The molecular weight excluding hydrogens is 498 g/mol. The molecule has 2 heterocycles. The summed E-state index contributed by atoms with van der Waals surface area (Å²) in [5, 5.41) is 9.78. The van der Waals surface area contributed by atoms with Crippen LogP contribution >= 0.6 is 23.8 Å². The van der Waals surface area contributed by atoms with E-state index in [-0.39, 0.29) is 22.5 Å². The van der Waals surface area contributed by atoms with Crippen molar-refractivity contribution in [2.75, 3.05) is 10.6 Å². The number of para-hydroxylation sites is 1. The van der Waals surface area contributed by atoms with E-state index in [9.17, 15) is 9.59 Å². The molecule has 0 fully saturated rings. The van der Waals surface area contributed by atoms with Gasteiger partial charge in [0.2, 0.25) is 0 Å². The Labute approximate surface area is 216 Å². The van der Waals surface area contributed by atoms with Crippen LogP contribution in [0.2, 0.25) is 5.02 Å². The largest absolute Gasteiger partial charge is 0.451 e. The lowest BCUT2D eigenvalue weighted by Gasteiger charge is -2.10. The molecule has 0 aliphatic heterocycles. The Bertz CT molecular complexity index is 1570. The Morgan fingerprint density at radius 3 is 2.31 bits per heavy atom. The highest BCUT2D eigenvalue weighted by Crippen LogP contribution is 2.25. The van der Waals surface area contributed by atoms with E-state index in [0.717, 1.165) is 10.9 Å². The van der Waals surface area contributed by atoms with Crippen molar-refractivity contribution in [1.82, 2.24) is 5.32 Å². The molecule has 0 spiro atoms. The van der Waals surface area contributed by atoms with Crippen molar-refractivity contribution in [3.63, 3.8) is 0 Å². The first-order valence-corrected chi connectivity index (χ1v) is 11.6. The van der Waals surface area contributed by atoms with Gasteiger partial charge in [0.15, 0.2) is 16.6 Å². The van der Waals surface area contributed by atoms with Crippen LogP contribution in [0, 0.1) is 0 Å². The van der Waals surface area contributed by atoms with E-state index in [4.69, 9.17) is 32.7 Å². The van der Waals surface area contributed by atoms with Gasteiger partial charge in [-0.1, -0.05) is 48.0 Å². The zero-order valence-corrected chi connectivity index (χ0v) is 20.2. The minimum absolute atomic E-state index is 0.0708. The predicted octanol–water partition coefficient (Wildman–Crippen LogP) is 6.73. The number of benzene rings is 3. The van der Waals surface area contributed by atoms with E-state index in [2.05, 4.69) is 16.0 Å². The number of thiocarbonyl (C=S) groups is 1. The van der Waals surface area contributed by atoms with Crippen LogP contribution in [0.3, 0.4) is 0 Å². The molecule has 0 saturated carbocycles. The third-order valence-electron chi connectivity index (χ3n) is 5.19. The van der Waals surface area contributed by atoms with Crippen LogP contribution in [0.15, 0.2) is 99.8 Å². The summed E-state index contributed by atoms with van der Waals surface area (Å²) in [4.78, 5) is 25.2. The van der Waals surface area contributed by atoms with Crippen molar-refractivity contribution in [2.45, 2.75) is 0 Å². The molecule has 2 aromatic heterocycles. The fraction of sp³-hybridized carbons (Fsp3) is 0. The fourth-order valence-electron chi connectivity index (χ4n) is 3.55. The number of carbonyl (C=O) groups excluding carboxylic acids is 2. The van der Waals surface area contributed by atoms with Crippen molar-refractivity contribution < 1.29 is 18.4 Å². The zero-order valence-electron chi connectivity index (χ0n) is 18.6. The SMILES string of the molecule is O=C(NC(=S)Nc1cccc(NC(=O)c2cc3ccccc3o2)c1)c1ccc(-c2cccc(Cl)c2)o1. The van der Waals surface area contributed by atoms with E-state index in [1.54, 1.807) is 66.7 Å². The molecule has 7 nitrogen and oxygen atoms in total. The van der Waals surface area contributed by atoms with E-state index in [1.165, 1.54) is 0 Å². The number of furan rings is 2. The molecule has 178 valence electrons. The monoisotopic (exact) mass is 515 g/mol. The average Bonchev–Trinajstić information content (AvgIpc) is 3.52. The Morgan fingerprint density at radius 2 is 1.50 bits per heavy atom. The Balaban J connectivity index is 1.20. The van der Waals surface area contributed by atoms with Gasteiger partial charge in [0.1, 0.15) is 11.3 Å². The molecule has 3 aromatic carbocycles.